The van der Waals surface area contributed by atoms with Gasteiger partial charge in [0.05, 0.1) is 4.90 Å². The highest BCUT2D eigenvalue weighted by atomic mass is 32.2. The lowest BCUT2D eigenvalue weighted by Gasteiger charge is -2.16. The molecule has 2 N–H and O–H groups in total. The standard InChI is InChI=1S/C15H17NO3S/c1-11-8-9-14(20(18,19)16-2)13(10-11)15(17)12-6-4-3-5-7-12/h3-10,15-17H,1-2H3/t15-/m0/s1. The fourth-order valence-corrected chi connectivity index (χ4v) is 3.00. The molecule has 0 unspecified atom stereocenters. The Bertz CT molecular complexity index is 696. The summed E-state index contributed by atoms with van der Waals surface area (Å²) in [4.78, 5) is 0.0990. The molecule has 0 fully saturated rings. The molecule has 106 valence electrons. The number of hydrogen-bond acceptors (Lipinski definition) is 3. The minimum atomic E-state index is -3.61. The van der Waals surface area contributed by atoms with E-state index in [1.165, 1.54) is 13.1 Å². The lowest BCUT2D eigenvalue weighted by atomic mass is 10.00. The number of rotatable bonds is 4. The Labute approximate surface area is 119 Å². The van der Waals surface area contributed by atoms with Crippen LogP contribution in [0.15, 0.2) is 53.4 Å². The lowest BCUT2D eigenvalue weighted by Crippen LogP contribution is -2.21. The van der Waals surface area contributed by atoms with Gasteiger partial charge in [-0.25, -0.2) is 13.1 Å². The highest BCUT2D eigenvalue weighted by Crippen LogP contribution is 2.28. The zero-order valence-electron chi connectivity index (χ0n) is 11.4. The second kappa shape index (κ2) is 5.75. The molecule has 0 heterocycles. The zero-order chi connectivity index (χ0) is 14.8. The van der Waals surface area contributed by atoms with Gasteiger partial charge in [0, 0.05) is 5.56 Å². The Kier molecular flexibility index (Phi) is 4.23. The predicted octanol–water partition coefficient (Wildman–Crippen LogP) is 1.98. The number of aliphatic hydroxyl groups is 1. The van der Waals surface area contributed by atoms with Crippen LogP contribution in [0.25, 0.3) is 0 Å². The van der Waals surface area contributed by atoms with Crippen molar-refractivity contribution in [3.05, 3.63) is 65.2 Å². The summed E-state index contributed by atoms with van der Waals surface area (Å²) >= 11 is 0. The van der Waals surface area contributed by atoms with Gasteiger partial charge < -0.3 is 5.11 Å². The quantitative estimate of drug-likeness (QED) is 0.905. The fraction of sp³-hybridized carbons (Fsp3) is 0.200. The molecule has 0 aromatic heterocycles. The van der Waals surface area contributed by atoms with Crippen molar-refractivity contribution in [2.45, 2.75) is 17.9 Å². The summed E-state index contributed by atoms with van der Waals surface area (Å²) in [6, 6.07) is 13.9. The van der Waals surface area contributed by atoms with Crippen LogP contribution in [0.2, 0.25) is 0 Å². The lowest BCUT2D eigenvalue weighted by molar-refractivity contribution is 0.217. The topological polar surface area (TPSA) is 66.4 Å². The molecule has 0 radical (unpaired) electrons. The van der Waals surface area contributed by atoms with Crippen molar-refractivity contribution in [1.82, 2.24) is 4.72 Å². The van der Waals surface area contributed by atoms with E-state index in [0.29, 0.717) is 11.1 Å². The van der Waals surface area contributed by atoms with Crippen molar-refractivity contribution in [3.8, 4) is 0 Å². The van der Waals surface area contributed by atoms with Crippen LogP contribution in [-0.4, -0.2) is 20.6 Å². The summed E-state index contributed by atoms with van der Waals surface area (Å²) < 4.78 is 26.4. The first-order valence-electron chi connectivity index (χ1n) is 6.23. The van der Waals surface area contributed by atoms with Gasteiger partial charge in [0.25, 0.3) is 0 Å². The molecule has 2 aromatic carbocycles. The molecule has 0 bridgehead atoms. The number of aryl methyl sites for hydroxylation is 1. The third kappa shape index (κ3) is 2.90. The van der Waals surface area contributed by atoms with E-state index in [1.54, 1.807) is 36.4 Å². The van der Waals surface area contributed by atoms with Crippen molar-refractivity contribution < 1.29 is 13.5 Å². The SMILES string of the molecule is CNS(=O)(=O)c1ccc(C)cc1[C@@H](O)c1ccccc1. The molecule has 20 heavy (non-hydrogen) atoms. The molecule has 0 saturated heterocycles. The minimum absolute atomic E-state index is 0.0990. The molecular weight excluding hydrogens is 274 g/mol. The molecule has 0 spiro atoms. The van der Waals surface area contributed by atoms with Gasteiger partial charge >= 0.3 is 0 Å². The average Bonchev–Trinajstić information content (AvgIpc) is 2.47. The van der Waals surface area contributed by atoms with Crippen molar-refractivity contribution >= 4 is 10.0 Å². The molecule has 5 heteroatoms. The van der Waals surface area contributed by atoms with Crippen LogP contribution in [-0.2, 0) is 10.0 Å². The van der Waals surface area contributed by atoms with Crippen molar-refractivity contribution in [2.75, 3.05) is 7.05 Å². The molecule has 0 aliphatic carbocycles. The van der Waals surface area contributed by atoms with Crippen LogP contribution in [0.5, 0.6) is 0 Å². The molecular formula is C15H17NO3S. The van der Waals surface area contributed by atoms with Crippen molar-refractivity contribution in [1.29, 1.82) is 0 Å². The van der Waals surface area contributed by atoms with Crippen LogP contribution in [0, 0.1) is 6.92 Å². The molecule has 4 nitrogen and oxygen atoms in total. The normalized spacial score (nSPS) is 13.2. The van der Waals surface area contributed by atoms with Gasteiger partial charge in [0.2, 0.25) is 10.0 Å². The first kappa shape index (κ1) is 14.7. The molecule has 0 aliphatic heterocycles. The molecule has 0 aliphatic rings. The van der Waals surface area contributed by atoms with E-state index in [0.717, 1.165) is 5.56 Å². The van der Waals surface area contributed by atoms with Gasteiger partial charge in [0.15, 0.2) is 0 Å². The maximum absolute atomic E-state index is 12.0. The van der Waals surface area contributed by atoms with Gasteiger partial charge in [-0.15, -0.1) is 0 Å². The van der Waals surface area contributed by atoms with Gasteiger partial charge in [-0.1, -0.05) is 48.0 Å². The van der Waals surface area contributed by atoms with Crippen molar-refractivity contribution in [2.24, 2.45) is 0 Å². The first-order chi connectivity index (χ1) is 9.45. The maximum Gasteiger partial charge on any atom is 0.240 e. The van der Waals surface area contributed by atoms with Gasteiger partial charge in [0.1, 0.15) is 6.10 Å². The van der Waals surface area contributed by atoms with E-state index in [1.807, 2.05) is 13.0 Å². The van der Waals surface area contributed by atoms with E-state index < -0.39 is 16.1 Å². The third-order valence-electron chi connectivity index (χ3n) is 3.13. The number of nitrogens with one attached hydrogen (secondary N) is 1. The Morgan fingerprint density at radius 1 is 1.10 bits per heavy atom. The smallest absolute Gasteiger partial charge is 0.240 e. The molecule has 0 amide bonds. The zero-order valence-corrected chi connectivity index (χ0v) is 12.2. The molecule has 2 aromatic rings. The summed E-state index contributed by atoms with van der Waals surface area (Å²) in [5, 5.41) is 10.5. The second-order valence-corrected chi connectivity index (χ2v) is 6.42. The van der Waals surface area contributed by atoms with Crippen LogP contribution in [0.4, 0.5) is 0 Å². The van der Waals surface area contributed by atoms with Gasteiger partial charge in [-0.05, 0) is 25.6 Å². The van der Waals surface area contributed by atoms with Crippen LogP contribution in [0.3, 0.4) is 0 Å². The summed E-state index contributed by atoms with van der Waals surface area (Å²) in [6.45, 7) is 1.86. The van der Waals surface area contributed by atoms with Crippen LogP contribution >= 0.6 is 0 Å². The predicted molar refractivity (Wildman–Crippen MR) is 77.9 cm³/mol. The second-order valence-electron chi connectivity index (χ2n) is 4.56. The summed E-state index contributed by atoms with van der Waals surface area (Å²) in [5.74, 6) is 0. The van der Waals surface area contributed by atoms with Crippen LogP contribution in [0.1, 0.15) is 22.8 Å². The molecule has 1 atom stereocenters. The molecule has 0 saturated carbocycles. The number of benzene rings is 2. The highest BCUT2D eigenvalue weighted by molar-refractivity contribution is 7.89. The maximum atomic E-state index is 12.0. The van der Waals surface area contributed by atoms with Gasteiger partial charge in [-0.3, -0.25) is 0 Å². The third-order valence-corrected chi connectivity index (χ3v) is 4.62. The summed E-state index contributed by atoms with van der Waals surface area (Å²) in [6.07, 6.45) is -0.978. The van der Waals surface area contributed by atoms with E-state index in [-0.39, 0.29) is 4.90 Å². The van der Waals surface area contributed by atoms with E-state index in [4.69, 9.17) is 0 Å². The highest BCUT2D eigenvalue weighted by Gasteiger charge is 2.22. The van der Waals surface area contributed by atoms with Crippen molar-refractivity contribution in [3.63, 3.8) is 0 Å². The minimum Gasteiger partial charge on any atom is -0.384 e. The van der Waals surface area contributed by atoms with E-state index in [2.05, 4.69) is 4.72 Å². The number of hydrogen-bond donors (Lipinski definition) is 2. The van der Waals surface area contributed by atoms with Crippen LogP contribution < -0.4 is 4.72 Å². The number of aliphatic hydroxyl groups excluding tert-OH is 1. The van der Waals surface area contributed by atoms with E-state index >= 15 is 0 Å². The Morgan fingerprint density at radius 3 is 2.35 bits per heavy atom. The average molecular weight is 291 g/mol. The largest absolute Gasteiger partial charge is 0.384 e. The first-order valence-corrected chi connectivity index (χ1v) is 7.71. The van der Waals surface area contributed by atoms with E-state index in [9.17, 15) is 13.5 Å². The Hall–Kier alpha value is -1.69. The Balaban J connectivity index is 2.59. The summed E-state index contributed by atoms with van der Waals surface area (Å²) in [5.41, 5.74) is 1.93. The summed E-state index contributed by atoms with van der Waals surface area (Å²) in [7, 11) is -2.25. The fourth-order valence-electron chi connectivity index (χ4n) is 2.05. The molecule has 2 rings (SSSR count). The Morgan fingerprint density at radius 2 is 1.75 bits per heavy atom. The monoisotopic (exact) mass is 291 g/mol. The number of sulfonamides is 1. The van der Waals surface area contributed by atoms with Gasteiger partial charge in [-0.2, -0.15) is 0 Å².